The number of piperidine rings is 1. The molecule has 0 spiro atoms. The van der Waals surface area contributed by atoms with Gasteiger partial charge in [-0.25, -0.2) is 14.2 Å². The lowest BCUT2D eigenvalue weighted by molar-refractivity contribution is -0.135. The Morgan fingerprint density at radius 3 is 2.74 bits per heavy atom. The fourth-order valence-corrected chi connectivity index (χ4v) is 6.09. The number of aliphatic hydroxyl groups is 1. The molecule has 4 heterocycles. The first-order chi connectivity index (χ1) is 19.9. The molecule has 0 aliphatic carbocycles. The van der Waals surface area contributed by atoms with Gasteiger partial charge in [-0.15, -0.1) is 17.3 Å². The van der Waals surface area contributed by atoms with Gasteiger partial charge in [-0.1, -0.05) is 26.7 Å². The summed E-state index contributed by atoms with van der Waals surface area (Å²) in [7, 11) is 1.56. The van der Waals surface area contributed by atoms with Crippen molar-refractivity contribution in [3.63, 3.8) is 0 Å². The summed E-state index contributed by atoms with van der Waals surface area (Å²) < 4.78 is 18.6. The molecule has 5 rings (SSSR count). The van der Waals surface area contributed by atoms with Crippen LogP contribution >= 0.6 is 11.3 Å². The van der Waals surface area contributed by atoms with Crippen molar-refractivity contribution in [1.82, 2.24) is 29.0 Å². The summed E-state index contributed by atoms with van der Waals surface area (Å²) in [6.45, 7) is 8.25. The van der Waals surface area contributed by atoms with Crippen molar-refractivity contribution < 1.29 is 14.3 Å². The first-order valence-corrected chi connectivity index (χ1v) is 14.6. The number of carbonyl (C=O) groups excluding carboxylic acids is 1. The van der Waals surface area contributed by atoms with Crippen molar-refractivity contribution in [2.75, 3.05) is 18.0 Å². The Kier molecular flexibility index (Phi) is 7.96. The number of aromatic nitrogens is 5. The predicted molar refractivity (Wildman–Crippen MR) is 160 cm³/mol. The summed E-state index contributed by atoms with van der Waals surface area (Å²) in [4.78, 5) is 51.1. The van der Waals surface area contributed by atoms with Gasteiger partial charge < -0.3 is 15.3 Å². The molecule has 3 aromatic heterocycles. The van der Waals surface area contributed by atoms with E-state index in [-0.39, 0.29) is 30.3 Å². The molecule has 1 unspecified atom stereocenters. The Bertz CT molecular complexity index is 1850. The molecule has 1 fully saturated rings. The summed E-state index contributed by atoms with van der Waals surface area (Å²) in [5.74, 6) is 5.51. The lowest BCUT2D eigenvalue weighted by atomic mass is 9.88. The quantitative estimate of drug-likeness (QED) is 0.327. The van der Waals surface area contributed by atoms with Crippen LogP contribution in [0.4, 0.5) is 10.3 Å². The second-order valence-electron chi connectivity index (χ2n) is 11.6. The number of rotatable bonds is 6. The van der Waals surface area contributed by atoms with Crippen LogP contribution in [0.15, 0.2) is 27.8 Å². The lowest BCUT2D eigenvalue weighted by Gasteiger charge is -2.35. The summed E-state index contributed by atoms with van der Waals surface area (Å²) in [5, 5.41) is 13.9. The van der Waals surface area contributed by atoms with Crippen molar-refractivity contribution in [2.24, 2.45) is 12.5 Å². The number of imidazole rings is 1. The highest BCUT2D eigenvalue weighted by Gasteiger charge is 2.33. The Hall–Kier alpha value is -4.02. The maximum absolute atomic E-state index is 13.9. The molecule has 11 nitrogen and oxygen atoms in total. The first-order valence-electron chi connectivity index (χ1n) is 13.8. The van der Waals surface area contributed by atoms with Gasteiger partial charge in [0.2, 0.25) is 11.9 Å². The van der Waals surface area contributed by atoms with Gasteiger partial charge in [0.25, 0.3) is 5.56 Å². The molecule has 1 aliphatic heterocycles. The number of anilines is 1. The average molecular weight is 596 g/mol. The van der Waals surface area contributed by atoms with Gasteiger partial charge in [-0.3, -0.25) is 23.3 Å². The van der Waals surface area contributed by atoms with Gasteiger partial charge in [-0.2, -0.15) is 4.98 Å². The van der Waals surface area contributed by atoms with E-state index < -0.39 is 34.5 Å². The van der Waals surface area contributed by atoms with Crippen LogP contribution in [0.2, 0.25) is 0 Å². The Morgan fingerprint density at radius 1 is 1.26 bits per heavy atom. The number of nitrogens with zero attached hydrogens (tertiary/aromatic N) is 6. The van der Waals surface area contributed by atoms with Gasteiger partial charge >= 0.3 is 5.69 Å². The third kappa shape index (κ3) is 5.56. The molecule has 1 amide bonds. The summed E-state index contributed by atoms with van der Waals surface area (Å²) >= 11 is 1.29. The second kappa shape index (κ2) is 11.3. The Balaban J connectivity index is 1.53. The van der Waals surface area contributed by atoms with Crippen LogP contribution in [0, 0.1) is 23.1 Å². The minimum Gasteiger partial charge on any atom is -0.383 e. The van der Waals surface area contributed by atoms with Crippen molar-refractivity contribution in [3.8, 4) is 11.8 Å². The van der Waals surface area contributed by atoms with Gasteiger partial charge in [0, 0.05) is 32.2 Å². The first kappa shape index (κ1) is 29.5. The fraction of sp³-hybridized carbons (Fsp3) is 0.483. The van der Waals surface area contributed by atoms with Crippen LogP contribution in [0.5, 0.6) is 0 Å². The summed E-state index contributed by atoms with van der Waals surface area (Å²) in [5.41, 5.74) is -0.738. The highest BCUT2D eigenvalue weighted by Crippen LogP contribution is 2.26. The molecular formula is C29H34FN7O4S. The molecule has 1 saturated heterocycles. The zero-order valence-corrected chi connectivity index (χ0v) is 25.1. The fourth-order valence-electron chi connectivity index (χ4n) is 5.15. The second-order valence-corrected chi connectivity index (χ2v) is 12.7. The number of carbonyl (C=O) groups is 1. The molecule has 0 saturated carbocycles. The minimum atomic E-state index is -1.15. The van der Waals surface area contributed by atoms with E-state index in [1.54, 1.807) is 45.4 Å². The SMILES string of the molecule is CC#CCn1c(N2CCC[C@@H](NC(=O)C(O)C(C)(C)C)C2)nc2c1c(=O)n(Cc1nc3cc(F)ccc3s1)c(=O)n2C. The summed E-state index contributed by atoms with van der Waals surface area (Å²) in [6.07, 6.45) is 0.325. The molecule has 2 atom stereocenters. The largest absolute Gasteiger partial charge is 0.383 e. The zero-order chi connectivity index (χ0) is 30.3. The number of aryl methyl sites for hydroxylation is 1. The van der Waals surface area contributed by atoms with Crippen molar-refractivity contribution in [2.45, 2.75) is 65.8 Å². The van der Waals surface area contributed by atoms with E-state index in [2.05, 4.69) is 22.1 Å². The molecule has 42 heavy (non-hydrogen) atoms. The van der Waals surface area contributed by atoms with Crippen LogP contribution in [0.1, 0.15) is 45.5 Å². The number of benzene rings is 1. The molecule has 4 aromatic rings. The van der Waals surface area contributed by atoms with Crippen molar-refractivity contribution in [3.05, 3.63) is 49.9 Å². The van der Waals surface area contributed by atoms with E-state index in [9.17, 15) is 23.9 Å². The zero-order valence-electron chi connectivity index (χ0n) is 24.3. The number of amides is 1. The van der Waals surface area contributed by atoms with E-state index in [1.165, 1.54) is 28.0 Å². The molecule has 1 aliphatic rings. The average Bonchev–Trinajstić information content (AvgIpc) is 3.53. The van der Waals surface area contributed by atoms with Crippen molar-refractivity contribution >= 4 is 44.6 Å². The van der Waals surface area contributed by atoms with E-state index in [0.717, 1.165) is 22.1 Å². The van der Waals surface area contributed by atoms with E-state index in [0.29, 0.717) is 29.6 Å². The molecule has 0 bridgehead atoms. The topological polar surface area (TPSA) is 127 Å². The molecule has 2 N–H and O–H groups in total. The summed E-state index contributed by atoms with van der Waals surface area (Å²) in [6, 6.07) is 4.05. The van der Waals surface area contributed by atoms with Gasteiger partial charge in [0.1, 0.15) is 16.9 Å². The molecule has 222 valence electrons. The molecule has 0 radical (unpaired) electrons. The highest BCUT2D eigenvalue weighted by molar-refractivity contribution is 7.18. The monoisotopic (exact) mass is 595 g/mol. The van der Waals surface area contributed by atoms with Gasteiger partial charge in [-0.05, 0) is 37.3 Å². The van der Waals surface area contributed by atoms with Gasteiger partial charge in [0.15, 0.2) is 11.2 Å². The minimum absolute atomic E-state index is 0.0731. The van der Waals surface area contributed by atoms with Crippen LogP contribution in [0.25, 0.3) is 21.4 Å². The van der Waals surface area contributed by atoms with Crippen LogP contribution in [-0.4, -0.2) is 59.9 Å². The molecular weight excluding hydrogens is 561 g/mol. The van der Waals surface area contributed by atoms with E-state index in [1.807, 2.05) is 4.90 Å². The number of nitrogens with one attached hydrogen (secondary N) is 1. The lowest BCUT2D eigenvalue weighted by Crippen LogP contribution is -2.52. The smallest absolute Gasteiger partial charge is 0.332 e. The van der Waals surface area contributed by atoms with Crippen LogP contribution in [0.3, 0.4) is 0 Å². The number of hydrogen-bond donors (Lipinski definition) is 2. The third-order valence-electron chi connectivity index (χ3n) is 7.43. The Morgan fingerprint density at radius 2 is 2.02 bits per heavy atom. The van der Waals surface area contributed by atoms with Crippen LogP contribution < -0.4 is 21.5 Å². The van der Waals surface area contributed by atoms with Crippen molar-refractivity contribution in [1.29, 1.82) is 0 Å². The maximum atomic E-state index is 13.9. The maximum Gasteiger partial charge on any atom is 0.332 e. The number of thiazole rings is 1. The predicted octanol–water partition coefficient (Wildman–Crippen LogP) is 2.21. The number of halogens is 1. The van der Waals surface area contributed by atoms with Crippen LogP contribution in [-0.2, 0) is 24.9 Å². The van der Waals surface area contributed by atoms with Gasteiger partial charge in [0.05, 0.1) is 23.3 Å². The van der Waals surface area contributed by atoms with E-state index in [4.69, 9.17) is 4.98 Å². The number of aliphatic hydroxyl groups excluding tert-OH is 1. The highest BCUT2D eigenvalue weighted by atomic mass is 32.1. The third-order valence-corrected chi connectivity index (χ3v) is 8.45. The normalized spacial score (nSPS) is 16.5. The Labute approximate surface area is 245 Å². The van der Waals surface area contributed by atoms with E-state index >= 15 is 0 Å². The molecule has 13 heteroatoms. The number of fused-ring (bicyclic) bond motifs is 2. The standard InChI is InChI=1S/C29H34FN7O4S/c1-6-7-13-36-22-24(33-27(36)35-12-8-9-18(15-35)31-25(39)23(38)29(2,3)4)34(5)28(41)37(26(22)40)16-21-32-19-14-17(30)10-11-20(19)42-21/h10-11,14,18,23,38H,8-9,12-13,15-16H2,1-5H3,(H,31,39)/t18-,23?/m1/s1. The molecule has 1 aromatic carbocycles. The number of hydrogen-bond acceptors (Lipinski definition) is 8.